The third kappa shape index (κ3) is 3.37. The van der Waals surface area contributed by atoms with Crippen molar-refractivity contribution < 1.29 is 9.59 Å². The largest absolute Gasteiger partial charge is 0.351 e. The van der Waals surface area contributed by atoms with Gasteiger partial charge in [-0.05, 0) is 68.8 Å². The van der Waals surface area contributed by atoms with Gasteiger partial charge in [-0.3, -0.25) is 9.59 Å². The fraction of sp³-hybridized carbons (Fsp3) is 0.364. The zero-order valence-corrected chi connectivity index (χ0v) is 17.1. The second-order valence-corrected chi connectivity index (χ2v) is 8.06. The van der Waals surface area contributed by atoms with E-state index in [1.54, 1.807) is 23.9 Å². The van der Waals surface area contributed by atoms with E-state index in [1.165, 1.54) is 0 Å². The molecular formula is C22H25N3O2S. The minimum Gasteiger partial charge on any atom is -0.351 e. The Morgan fingerprint density at radius 2 is 2.07 bits per heavy atom. The Hall–Kier alpha value is -2.47. The fourth-order valence-electron chi connectivity index (χ4n) is 4.17. The highest BCUT2D eigenvalue weighted by Crippen LogP contribution is 2.35. The van der Waals surface area contributed by atoms with Crippen molar-refractivity contribution in [1.29, 1.82) is 0 Å². The summed E-state index contributed by atoms with van der Waals surface area (Å²) in [5, 5.41) is 2.97. The molecule has 2 aromatic rings. The summed E-state index contributed by atoms with van der Waals surface area (Å²) in [5.74, 6) is -0.0698. The first-order chi connectivity index (χ1) is 13.6. The van der Waals surface area contributed by atoms with E-state index in [1.807, 2.05) is 41.5 Å². The van der Waals surface area contributed by atoms with E-state index in [2.05, 4.69) is 17.1 Å². The van der Waals surface area contributed by atoms with Crippen LogP contribution < -0.4 is 10.2 Å². The number of rotatable bonds is 4. The van der Waals surface area contributed by atoms with E-state index >= 15 is 0 Å². The molecule has 1 saturated heterocycles. The molecule has 0 radical (unpaired) electrons. The van der Waals surface area contributed by atoms with Gasteiger partial charge in [0.05, 0.1) is 11.3 Å². The van der Waals surface area contributed by atoms with Gasteiger partial charge in [0.25, 0.3) is 11.8 Å². The van der Waals surface area contributed by atoms with Crippen molar-refractivity contribution in [1.82, 2.24) is 4.90 Å². The number of carbonyl (C=O) groups is 2. The summed E-state index contributed by atoms with van der Waals surface area (Å²) in [6.45, 7) is 3.72. The number of anilines is 2. The lowest BCUT2D eigenvalue weighted by Crippen LogP contribution is -2.57. The van der Waals surface area contributed by atoms with Crippen LogP contribution in [0, 0.1) is 0 Å². The van der Waals surface area contributed by atoms with Crippen LogP contribution in [0.15, 0.2) is 47.4 Å². The van der Waals surface area contributed by atoms with Crippen LogP contribution in [0.3, 0.4) is 0 Å². The van der Waals surface area contributed by atoms with Crippen LogP contribution in [0.5, 0.6) is 0 Å². The van der Waals surface area contributed by atoms with Gasteiger partial charge < -0.3 is 15.1 Å². The average Bonchev–Trinajstić information content (AvgIpc) is 2.74. The smallest absolute Gasteiger partial charge is 0.257 e. The second-order valence-electron chi connectivity index (χ2n) is 7.18. The molecule has 2 aliphatic rings. The molecule has 0 saturated carbocycles. The van der Waals surface area contributed by atoms with Crippen molar-refractivity contribution in [3.05, 3.63) is 53.6 Å². The van der Waals surface area contributed by atoms with E-state index < -0.39 is 0 Å². The van der Waals surface area contributed by atoms with E-state index in [9.17, 15) is 9.59 Å². The van der Waals surface area contributed by atoms with Crippen LogP contribution in [0.2, 0.25) is 0 Å². The summed E-state index contributed by atoms with van der Waals surface area (Å²) in [6, 6.07) is 13.2. The normalized spacial score (nSPS) is 18.5. The number of nitrogens with zero attached hydrogens (tertiary/aromatic N) is 2. The molecular weight excluding hydrogens is 370 g/mol. The minimum absolute atomic E-state index is 0.0871. The van der Waals surface area contributed by atoms with Gasteiger partial charge in [0.1, 0.15) is 6.17 Å². The third-order valence-corrected chi connectivity index (χ3v) is 6.29. The lowest BCUT2D eigenvalue weighted by atomic mass is 9.97. The molecule has 0 unspecified atom stereocenters. The summed E-state index contributed by atoms with van der Waals surface area (Å²) in [7, 11) is 0. The number of thioether (sulfide) groups is 1. The van der Waals surface area contributed by atoms with Crippen LogP contribution in [0.1, 0.15) is 46.9 Å². The monoisotopic (exact) mass is 395 g/mol. The van der Waals surface area contributed by atoms with E-state index in [0.717, 1.165) is 48.6 Å². The van der Waals surface area contributed by atoms with Gasteiger partial charge in [-0.1, -0.05) is 6.07 Å². The zero-order valence-electron chi connectivity index (χ0n) is 16.3. The first-order valence-corrected chi connectivity index (χ1v) is 11.0. The standard InChI is InChI=1S/C22H25N3O2S/c1-3-24-19-13-15(21(26)23-16-7-6-8-17(14-16)28-2)10-11-18(19)22(27)25-12-5-4-9-20(24)25/h6-8,10-11,13-14,20H,3-5,9,12H2,1-2H3,(H,23,26)/t20-/m0/s1. The molecule has 0 aromatic heterocycles. The number of carbonyl (C=O) groups excluding carboxylic acids is 2. The van der Waals surface area contributed by atoms with Crippen molar-refractivity contribution >= 4 is 35.0 Å². The Bertz CT molecular complexity index is 914. The maximum atomic E-state index is 13.0. The number of hydrogen-bond donors (Lipinski definition) is 1. The lowest BCUT2D eigenvalue weighted by molar-refractivity contribution is 0.0582. The molecule has 4 rings (SSSR count). The lowest BCUT2D eigenvalue weighted by Gasteiger charge is -2.47. The predicted molar refractivity (Wildman–Crippen MR) is 114 cm³/mol. The predicted octanol–water partition coefficient (Wildman–Crippen LogP) is 4.45. The molecule has 28 heavy (non-hydrogen) atoms. The van der Waals surface area contributed by atoms with Crippen LogP contribution in [0.25, 0.3) is 0 Å². The number of piperidine rings is 1. The molecule has 0 aliphatic carbocycles. The minimum atomic E-state index is -0.157. The summed E-state index contributed by atoms with van der Waals surface area (Å²) >= 11 is 1.64. The van der Waals surface area contributed by atoms with Crippen molar-refractivity contribution in [2.75, 3.05) is 29.6 Å². The number of hydrogen-bond acceptors (Lipinski definition) is 4. The van der Waals surface area contributed by atoms with Gasteiger partial charge in [-0.15, -0.1) is 11.8 Å². The molecule has 2 amide bonds. The quantitative estimate of drug-likeness (QED) is 0.777. The first kappa shape index (κ1) is 18.9. The van der Waals surface area contributed by atoms with E-state index in [-0.39, 0.29) is 18.0 Å². The van der Waals surface area contributed by atoms with Gasteiger partial charge in [0, 0.05) is 29.2 Å². The SMILES string of the molecule is CCN1c2cc(C(=O)Nc3cccc(SC)c3)ccc2C(=O)N2CCCC[C@H]21. The second kappa shape index (κ2) is 7.87. The average molecular weight is 396 g/mol. The van der Waals surface area contributed by atoms with Crippen LogP contribution in [-0.2, 0) is 0 Å². The summed E-state index contributed by atoms with van der Waals surface area (Å²) in [4.78, 5) is 31.1. The van der Waals surface area contributed by atoms with Gasteiger partial charge in [0.15, 0.2) is 0 Å². The van der Waals surface area contributed by atoms with Gasteiger partial charge in [-0.2, -0.15) is 0 Å². The maximum Gasteiger partial charge on any atom is 0.257 e. The summed E-state index contributed by atoms with van der Waals surface area (Å²) < 4.78 is 0. The topological polar surface area (TPSA) is 52.7 Å². The molecule has 0 spiro atoms. The van der Waals surface area contributed by atoms with Crippen molar-refractivity contribution in [3.63, 3.8) is 0 Å². The summed E-state index contributed by atoms with van der Waals surface area (Å²) in [6.07, 6.45) is 5.29. The van der Waals surface area contributed by atoms with Crippen molar-refractivity contribution in [2.24, 2.45) is 0 Å². The van der Waals surface area contributed by atoms with Crippen LogP contribution in [0.4, 0.5) is 11.4 Å². The number of benzene rings is 2. The molecule has 0 bridgehead atoms. The first-order valence-electron chi connectivity index (χ1n) is 9.79. The van der Waals surface area contributed by atoms with Gasteiger partial charge in [-0.25, -0.2) is 0 Å². The molecule has 1 N–H and O–H groups in total. The molecule has 1 fully saturated rings. The molecule has 2 heterocycles. The number of fused-ring (bicyclic) bond motifs is 2. The van der Waals surface area contributed by atoms with Crippen LogP contribution >= 0.6 is 11.8 Å². The summed E-state index contributed by atoms with van der Waals surface area (Å²) in [5.41, 5.74) is 2.92. The Kier molecular flexibility index (Phi) is 5.31. The maximum absolute atomic E-state index is 13.0. The van der Waals surface area contributed by atoms with E-state index in [4.69, 9.17) is 0 Å². The van der Waals surface area contributed by atoms with E-state index in [0.29, 0.717) is 11.1 Å². The molecule has 146 valence electrons. The fourth-order valence-corrected chi connectivity index (χ4v) is 4.63. The number of amides is 2. The highest BCUT2D eigenvalue weighted by molar-refractivity contribution is 7.98. The Labute approximate surface area is 170 Å². The Morgan fingerprint density at radius 1 is 1.21 bits per heavy atom. The van der Waals surface area contributed by atoms with Gasteiger partial charge in [0.2, 0.25) is 0 Å². The highest BCUT2D eigenvalue weighted by Gasteiger charge is 2.38. The molecule has 5 nitrogen and oxygen atoms in total. The zero-order chi connectivity index (χ0) is 19.7. The number of nitrogens with one attached hydrogen (secondary N) is 1. The molecule has 2 aliphatic heterocycles. The van der Waals surface area contributed by atoms with Crippen molar-refractivity contribution in [2.45, 2.75) is 37.2 Å². The van der Waals surface area contributed by atoms with Crippen molar-refractivity contribution in [3.8, 4) is 0 Å². The molecule has 1 atom stereocenters. The highest BCUT2D eigenvalue weighted by atomic mass is 32.2. The Balaban J connectivity index is 1.64. The molecule has 2 aromatic carbocycles. The Morgan fingerprint density at radius 3 is 2.86 bits per heavy atom. The third-order valence-electron chi connectivity index (χ3n) is 5.56. The molecule has 6 heteroatoms. The van der Waals surface area contributed by atoms with Crippen LogP contribution in [-0.4, -0.2) is 42.2 Å². The van der Waals surface area contributed by atoms with Gasteiger partial charge >= 0.3 is 0 Å².